The van der Waals surface area contributed by atoms with Gasteiger partial charge in [0.2, 0.25) is 0 Å². The molecule has 0 unspecified atom stereocenters. The number of nitrogens with zero attached hydrogens (tertiary/aromatic N) is 2. The molecule has 0 aliphatic carbocycles. The fourth-order valence-electron chi connectivity index (χ4n) is 2.43. The van der Waals surface area contributed by atoms with Crippen molar-refractivity contribution in [3.8, 4) is 23.3 Å². The fourth-order valence-corrected chi connectivity index (χ4v) is 4.41. The molecule has 14 heteroatoms. The lowest BCUT2D eigenvalue weighted by atomic mass is 10.1. The Hall–Kier alpha value is -2.84. The third-order valence-electron chi connectivity index (χ3n) is 4.03. The summed E-state index contributed by atoms with van der Waals surface area (Å²) in [6.07, 6.45) is -4.58. The van der Waals surface area contributed by atoms with E-state index >= 15 is 0 Å². The summed E-state index contributed by atoms with van der Waals surface area (Å²) in [6.45, 7) is 0. The van der Waals surface area contributed by atoms with E-state index in [0.29, 0.717) is 18.8 Å². The van der Waals surface area contributed by atoms with Crippen LogP contribution in [0.15, 0.2) is 48.5 Å². The predicted octanol–water partition coefficient (Wildman–Crippen LogP) is 7.23. The summed E-state index contributed by atoms with van der Waals surface area (Å²) in [6, 6.07) is 10.6. The van der Waals surface area contributed by atoms with E-state index in [-0.39, 0.29) is 22.3 Å². The van der Waals surface area contributed by atoms with E-state index in [9.17, 15) is 33.2 Å². The van der Waals surface area contributed by atoms with Crippen molar-refractivity contribution in [2.45, 2.75) is 6.18 Å². The number of nitro benzene ring substituents is 1. The lowest BCUT2D eigenvalue weighted by Gasteiger charge is -2.11. The zero-order valence-corrected chi connectivity index (χ0v) is 21.9. The Balaban J connectivity index is 0.000000328. The molecule has 0 spiro atoms. The number of phenolic OH excluding ortho intramolecular Hbond substituents is 1. The van der Waals surface area contributed by atoms with Crippen molar-refractivity contribution in [2.24, 2.45) is 0 Å². The van der Waals surface area contributed by atoms with Crippen LogP contribution in [0.25, 0.3) is 0 Å². The molecule has 0 saturated heterocycles. The molecule has 0 aromatic heterocycles. The van der Waals surface area contributed by atoms with Crippen molar-refractivity contribution in [1.82, 2.24) is 0 Å². The highest BCUT2D eigenvalue weighted by Crippen LogP contribution is 2.37. The third kappa shape index (κ3) is 7.57. The van der Waals surface area contributed by atoms with Crippen molar-refractivity contribution in [1.29, 1.82) is 5.26 Å². The Morgan fingerprint density at radius 2 is 1.71 bits per heavy atom. The molecule has 35 heavy (non-hydrogen) atoms. The number of hydrogen-bond acceptors (Lipinski definition) is 6. The second kappa shape index (κ2) is 11.7. The molecule has 0 radical (unpaired) electrons. The van der Waals surface area contributed by atoms with E-state index in [2.05, 4.69) is 0 Å². The Morgan fingerprint density at radius 1 is 1.11 bits per heavy atom. The number of carbonyl (C=O) groups is 1. The van der Waals surface area contributed by atoms with Crippen LogP contribution in [0.4, 0.5) is 18.9 Å². The molecule has 3 aromatic rings. The molecule has 0 fully saturated rings. The first-order valence-corrected chi connectivity index (χ1v) is 11.4. The predicted molar refractivity (Wildman–Crippen MR) is 135 cm³/mol. The number of hydrogen-bond donors (Lipinski definition) is 2. The summed E-state index contributed by atoms with van der Waals surface area (Å²) in [5.74, 6) is -1.58. The van der Waals surface area contributed by atoms with E-state index in [0.717, 1.165) is 30.3 Å². The molecule has 0 heterocycles. The molecule has 0 bridgehead atoms. The summed E-state index contributed by atoms with van der Waals surface area (Å²) in [5, 5.41) is 37.2. The summed E-state index contributed by atoms with van der Waals surface area (Å²) in [4.78, 5) is 20.9. The van der Waals surface area contributed by atoms with Gasteiger partial charge >= 0.3 is 12.1 Å². The highest BCUT2D eigenvalue weighted by Gasteiger charge is 2.31. The van der Waals surface area contributed by atoms with Crippen molar-refractivity contribution >= 4 is 68.4 Å². The van der Waals surface area contributed by atoms with Crippen LogP contribution >= 0.6 is 56.8 Å². The van der Waals surface area contributed by atoms with Gasteiger partial charge in [-0.15, -0.1) is 0 Å². The van der Waals surface area contributed by atoms with Gasteiger partial charge in [0, 0.05) is 12.1 Å². The lowest BCUT2D eigenvalue weighted by molar-refractivity contribution is -0.385. The van der Waals surface area contributed by atoms with Crippen LogP contribution in [0, 0.1) is 28.6 Å². The van der Waals surface area contributed by atoms with Gasteiger partial charge in [0.05, 0.1) is 34.3 Å². The molecule has 3 rings (SSSR count). The molecule has 0 saturated carbocycles. The number of phenols is 1. The van der Waals surface area contributed by atoms with Crippen molar-refractivity contribution < 1.29 is 37.8 Å². The first-order valence-electron chi connectivity index (χ1n) is 8.89. The molecule has 3 aromatic carbocycles. The van der Waals surface area contributed by atoms with Crippen molar-refractivity contribution in [3.05, 3.63) is 87.5 Å². The van der Waals surface area contributed by atoms with Gasteiger partial charge in [-0.05, 0) is 81.6 Å². The van der Waals surface area contributed by atoms with Gasteiger partial charge < -0.3 is 14.9 Å². The Bertz CT molecular complexity index is 1320. The number of benzene rings is 3. The summed E-state index contributed by atoms with van der Waals surface area (Å²) < 4.78 is 44.3. The fraction of sp³-hybridized carbons (Fsp3) is 0.0476. The zero-order valence-electron chi connectivity index (χ0n) is 16.8. The zero-order chi connectivity index (χ0) is 26.5. The maximum atomic E-state index is 12.6. The van der Waals surface area contributed by atoms with E-state index in [1.807, 2.05) is 51.3 Å². The SMILES string of the molecule is N#Cc1cc(I)c(O)c(I)c1.O=C(O)c1cc(Oc2ccc(C(F)(F)F)cc2Cl)ccc1[N+](=O)[O-]. The lowest BCUT2D eigenvalue weighted by Crippen LogP contribution is -2.05. The van der Waals surface area contributed by atoms with Gasteiger partial charge in [-0.2, -0.15) is 18.4 Å². The highest BCUT2D eigenvalue weighted by molar-refractivity contribution is 14.1. The number of rotatable bonds is 4. The Morgan fingerprint density at radius 3 is 2.17 bits per heavy atom. The quantitative estimate of drug-likeness (QED) is 0.164. The van der Waals surface area contributed by atoms with Gasteiger partial charge in [0.15, 0.2) is 0 Å². The molecule has 0 atom stereocenters. The Kier molecular flexibility index (Phi) is 9.52. The van der Waals surface area contributed by atoms with Gasteiger partial charge in [0.1, 0.15) is 22.8 Å². The molecular formula is C21H10ClF3I2N2O6. The molecule has 182 valence electrons. The average molecular weight is 733 g/mol. The van der Waals surface area contributed by atoms with Crippen LogP contribution in [0.3, 0.4) is 0 Å². The van der Waals surface area contributed by atoms with Gasteiger partial charge in [-0.25, -0.2) is 4.79 Å². The number of aromatic hydroxyl groups is 1. The van der Waals surface area contributed by atoms with Gasteiger partial charge in [0.25, 0.3) is 5.69 Å². The third-order valence-corrected chi connectivity index (χ3v) is 5.97. The van der Waals surface area contributed by atoms with Crippen LogP contribution in [-0.4, -0.2) is 21.1 Å². The number of alkyl halides is 3. The Labute approximate surface area is 227 Å². The van der Waals surface area contributed by atoms with Gasteiger partial charge in [-0.1, -0.05) is 11.6 Å². The van der Waals surface area contributed by atoms with Crippen LogP contribution < -0.4 is 4.74 Å². The van der Waals surface area contributed by atoms with E-state index in [1.165, 1.54) is 0 Å². The van der Waals surface area contributed by atoms with E-state index in [1.54, 1.807) is 12.1 Å². The summed E-state index contributed by atoms with van der Waals surface area (Å²) in [7, 11) is 0. The van der Waals surface area contributed by atoms with E-state index in [4.69, 9.17) is 26.7 Å². The minimum Gasteiger partial charge on any atom is -0.506 e. The van der Waals surface area contributed by atoms with Crippen LogP contribution in [0.5, 0.6) is 17.2 Å². The molecule has 0 aliphatic heterocycles. The molecule has 0 aliphatic rings. The van der Waals surface area contributed by atoms with Crippen molar-refractivity contribution in [3.63, 3.8) is 0 Å². The second-order valence-electron chi connectivity index (χ2n) is 6.39. The smallest absolute Gasteiger partial charge is 0.416 e. The van der Waals surface area contributed by atoms with Crippen molar-refractivity contribution in [2.75, 3.05) is 0 Å². The van der Waals surface area contributed by atoms with Crippen LogP contribution in [0.1, 0.15) is 21.5 Å². The number of halogens is 6. The minimum atomic E-state index is -4.58. The first-order chi connectivity index (χ1) is 16.2. The van der Waals surface area contributed by atoms with Crippen LogP contribution in [0.2, 0.25) is 5.02 Å². The molecule has 2 N–H and O–H groups in total. The first kappa shape index (κ1) is 28.4. The number of aromatic carboxylic acids is 1. The average Bonchev–Trinajstić information content (AvgIpc) is 2.78. The molecule has 0 amide bonds. The monoisotopic (exact) mass is 732 g/mol. The molecule has 8 nitrogen and oxygen atoms in total. The second-order valence-corrected chi connectivity index (χ2v) is 9.12. The largest absolute Gasteiger partial charge is 0.506 e. The standard InChI is InChI=1S/C14H7ClF3NO5.C7H3I2NO/c15-10-5-7(14(16,17)18)1-4-12(10)24-8-2-3-11(19(22)23)9(6-8)13(20)21;8-5-1-4(3-10)2-6(9)7(5)11/h1-6H,(H,20,21);1-2,11H. The number of carboxylic acids is 1. The summed E-state index contributed by atoms with van der Waals surface area (Å²) in [5.41, 5.74) is -1.67. The number of nitro groups is 1. The maximum Gasteiger partial charge on any atom is 0.416 e. The summed E-state index contributed by atoms with van der Waals surface area (Å²) >= 11 is 9.71. The maximum absolute atomic E-state index is 12.6. The highest BCUT2D eigenvalue weighted by atomic mass is 127. The van der Waals surface area contributed by atoms with E-state index < -0.39 is 33.9 Å². The number of carboxylic acid groups (broad SMARTS) is 1. The van der Waals surface area contributed by atoms with Gasteiger partial charge in [-0.3, -0.25) is 10.1 Å². The molecular weight excluding hydrogens is 722 g/mol. The number of ether oxygens (including phenoxy) is 1. The normalized spacial score (nSPS) is 10.5. The topological polar surface area (TPSA) is 134 Å². The minimum absolute atomic E-state index is 0.125. The van der Waals surface area contributed by atoms with Crippen LogP contribution in [-0.2, 0) is 6.18 Å². The number of nitriles is 1.